The van der Waals surface area contributed by atoms with Gasteiger partial charge < -0.3 is 10.2 Å². The van der Waals surface area contributed by atoms with Gasteiger partial charge in [-0.2, -0.15) is 0 Å². The third-order valence-corrected chi connectivity index (χ3v) is 8.06. The van der Waals surface area contributed by atoms with Crippen molar-refractivity contribution in [2.24, 2.45) is 0 Å². The number of nitrogens with one attached hydrogen (secondary N) is 1. The normalized spacial score (nSPS) is 22.2. The highest BCUT2D eigenvalue weighted by molar-refractivity contribution is 5.74. The SMILES string of the molecule is CCNC(=O)N1CCC(c2nnnn2Cc2ccccc2)(N2CCCN(C3CCC3)CC2)CC1. The van der Waals surface area contributed by atoms with Crippen LogP contribution in [-0.2, 0) is 12.1 Å². The molecule has 34 heavy (non-hydrogen) atoms. The van der Waals surface area contributed by atoms with Crippen LogP contribution in [0, 0.1) is 0 Å². The summed E-state index contributed by atoms with van der Waals surface area (Å²) < 4.78 is 1.99. The number of tetrazole rings is 1. The van der Waals surface area contributed by atoms with E-state index in [0.29, 0.717) is 26.2 Å². The van der Waals surface area contributed by atoms with E-state index in [4.69, 9.17) is 0 Å². The number of aromatic nitrogens is 4. The molecule has 0 bridgehead atoms. The number of hydrogen-bond donors (Lipinski definition) is 1. The third kappa shape index (κ3) is 4.68. The minimum atomic E-state index is -0.253. The zero-order valence-corrected chi connectivity index (χ0v) is 20.4. The predicted octanol–water partition coefficient (Wildman–Crippen LogP) is 2.30. The van der Waals surface area contributed by atoms with E-state index in [1.54, 1.807) is 0 Å². The molecule has 1 N–H and O–H groups in total. The van der Waals surface area contributed by atoms with Crippen molar-refractivity contribution in [1.29, 1.82) is 0 Å². The van der Waals surface area contributed by atoms with Crippen LogP contribution in [0.2, 0.25) is 0 Å². The first-order chi connectivity index (χ1) is 16.7. The summed E-state index contributed by atoms with van der Waals surface area (Å²) >= 11 is 0. The van der Waals surface area contributed by atoms with Gasteiger partial charge in [0.25, 0.3) is 0 Å². The molecule has 1 aliphatic carbocycles. The van der Waals surface area contributed by atoms with Crippen molar-refractivity contribution in [2.75, 3.05) is 45.8 Å². The monoisotopic (exact) mass is 466 g/mol. The number of amides is 2. The quantitative estimate of drug-likeness (QED) is 0.704. The average Bonchev–Trinajstić information content (AvgIpc) is 3.16. The van der Waals surface area contributed by atoms with Crippen LogP contribution in [-0.4, -0.2) is 92.8 Å². The second-order valence-electron chi connectivity index (χ2n) is 9.96. The van der Waals surface area contributed by atoms with Crippen LogP contribution < -0.4 is 5.32 Å². The smallest absolute Gasteiger partial charge is 0.317 e. The minimum absolute atomic E-state index is 0.0343. The summed E-state index contributed by atoms with van der Waals surface area (Å²) in [5.74, 6) is 0.948. The second kappa shape index (κ2) is 10.4. The molecule has 184 valence electrons. The lowest BCUT2D eigenvalue weighted by molar-refractivity contribution is 0.0172. The highest BCUT2D eigenvalue weighted by Gasteiger charge is 2.46. The van der Waals surface area contributed by atoms with Gasteiger partial charge in [0, 0.05) is 45.3 Å². The third-order valence-electron chi connectivity index (χ3n) is 8.06. The molecule has 1 aromatic carbocycles. The van der Waals surface area contributed by atoms with Crippen LogP contribution in [0.1, 0.15) is 56.8 Å². The summed E-state index contributed by atoms with van der Waals surface area (Å²) in [6.45, 7) is 9.06. The topological polar surface area (TPSA) is 82.4 Å². The van der Waals surface area contributed by atoms with Crippen molar-refractivity contribution >= 4 is 6.03 Å². The lowest BCUT2D eigenvalue weighted by atomic mass is 9.84. The molecule has 2 aliphatic heterocycles. The number of piperidine rings is 1. The van der Waals surface area contributed by atoms with Crippen LogP contribution in [0.3, 0.4) is 0 Å². The molecular weight excluding hydrogens is 428 g/mol. The molecule has 9 heteroatoms. The van der Waals surface area contributed by atoms with Gasteiger partial charge in [0.05, 0.1) is 12.1 Å². The first-order valence-electron chi connectivity index (χ1n) is 13.0. The van der Waals surface area contributed by atoms with Crippen LogP contribution in [0.4, 0.5) is 4.79 Å². The number of hydrogen-bond acceptors (Lipinski definition) is 6. The summed E-state index contributed by atoms with van der Waals surface area (Å²) in [4.78, 5) is 19.8. The molecular formula is C25H38N8O. The van der Waals surface area contributed by atoms with E-state index >= 15 is 0 Å². The Labute approximate surface area is 202 Å². The van der Waals surface area contributed by atoms with Gasteiger partial charge in [0.15, 0.2) is 5.82 Å². The van der Waals surface area contributed by atoms with E-state index in [1.165, 1.54) is 37.8 Å². The Morgan fingerprint density at radius 2 is 1.82 bits per heavy atom. The zero-order valence-electron chi connectivity index (χ0n) is 20.4. The maximum Gasteiger partial charge on any atom is 0.317 e. The van der Waals surface area contributed by atoms with Crippen molar-refractivity contribution < 1.29 is 4.79 Å². The number of likely N-dealkylation sites (tertiary alicyclic amines) is 1. The molecule has 3 heterocycles. The Hall–Kier alpha value is -2.52. The van der Waals surface area contributed by atoms with Crippen LogP contribution >= 0.6 is 0 Å². The van der Waals surface area contributed by atoms with E-state index < -0.39 is 0 Å². The average molecular weight is 467 g/mol. The number of rotatable bonds is 6. The van der Waals surface area contributed by atoms with E-state index in [2.05, 4.69) is 54.9 Å². The molecule has 9 nitrogen and oxygen atoms in total. The summed E-state index contributed by atoms with van der Waals surface area (Å²) in [5, 5.41) is 16.2. The van der Waals surface area contributed by atoms with Gasteiger partial charge in [-0.3, -0.25) is 9.80 Å². The summed E-state index contributed by atoms with van der Waals surface area (Å²) in [7, 11) is 0. The lowest BCUT2D eigenvalue weighted by Crippen LogP contribution is -2.57. The Balaban J connectivity index is 1.40. The van der Waals surface area contributed by atoms with Gasteiger partial charge in [0.2, 0.25) is 0 Å². The summed E-state index contributed by atoms with van der Waals surface area (Å²) in [6, 6.07) is 11.2. The van der Waals surface area contributed by atoms with Crippen LogP contribution in [0.15, 0.2) is 30.3 Å². The number of urea groups is 1. The fourth-order valence-electron chi connectivity index (χ4n) is 5.91. The zero-order chi connectivity index (χ0) is 23.4. The second-order valence-corrected chi connectivity index (χ2v) is 9.96. The minimum Gasteiger partial charge on any atom is -0.338 e. The molecule has 1 aromatic heterocycles. The number of nitrogens with zero attached hydrogens (tertiary/aromatic N) is 7. The Kier molecular flexibility index (Phi) is 7.10. The maximum absolute atomic E-state index is 12.5. The number of carbonyl (C=O) groups excluding carboxylic acids is 1. The van der Waals surface area contributed by atoms with Gasteiger partial charge in [-0.15, -0.1) is 5.10 Å². The summed E-state index contributed by atoms with van der Waals surface area (Å²) in [5.41, 5.74) is 0.940. The van der Waals surface area contributed by atoms with Gasteiger partial charge in [-0.05, 0) is 61.6 Å². The van der Waals surface area contributed by atoms with Gasteiger partial charge >= 0.3 is 6.03 Å². The lowest BCUT2D eigenvalue weighted by Gasteiger charge is -2.47. The molecule has 0 unspecified atom stereocenters. The van der Waals surface area contributed by atoms with Crippen LogP contribution in [0.25, 0.3) is 0 Å². The first-order valence-corrected chi connectivity index (χ1v) is 13.0. The van der Waals surface area contributed by atoms with Gasteiger partial charge in [0.1, 0.15) is 0 Å². The Bertz CT molecular complexity index is 935. The van der Waals surface area contributed by atoms with Gasteiger partial charge in [-0.25, -0.2) is 9.48 Å². The van der Waals surface area contributed by atoms with Crippen molar-refractivity contribution in [3.8, 4) is 0 Å². The summed E-state index contributed by atoms with van der Waals surface area (Å²) in [6.07, 6.45) is 6.94. The van der Waals surface area contributed by atoms with E-state index in [-0.39, 0.29) is 11.6 Å². The molecule has 0 radical (unpaired) electrons. The fraction of sp³-hybridized carbons (Fsp3) is 0.680. The molecule has 2 amide bonds. The first kappa shape index (κ1) is 23.2. The van der Waals surface area contributed by atoms with Crippen LogP contribution in [0.5, 0.6) is 0 Å². The molecule has 2 saturated heterocycles. The molecule has 3 aliphatic rings. The van der Waals surface area contributed by atoms with Crippen molar-refractivity contribution in [3.05, 3.63) is 41.7 Å². The van der Waals surface area contributed by atoms with Crippen molar-refractivity contribution in [1.82, 2.24) is 40.2 Å². The molecule has 1 saturated carbocycles. The molecule has 3 fully saturated rings. The van der Waals surface area contributed by atoms with Crippen molar-refractivity contribution in [2.45, 2.75) is 63.6 Å². The standard InChI is InChI=1S/C25H38N8O/c1-2-26-24(34)31-16-12-25(13-17-31,32-15-7-14-30(18-19-32)22-10-6-11-22)23-27-28-29-33(23)20-21-8-4-3-5-9-21/h3-5,8-9,22H,2,6-7,10-20H2,1H3,(H,26,34). The number of carbonyl (C=O) groups is 1. The molecule has 0 spiro atoms. The van der Waals surface area contributed by atoms with E-state index in [1.807, 2.05) is 22.6 Å². The maximum atomic E-state index is 12.5. The molecule has 2 aromatic rings. The van der Waals surface area contributed by atoms with E-state index in [0.717, 1.165) is 44.3 Å². The van der Waals surface area contributed by atoms with E-state index in [9.17, 15) is 4.79 Å². The van der Waals surface area contributed by atoms with Gasteiger partial charge in [-0.1, -0.05) is 36.8 Å². The molecule has 5 rings (SSSR count). The fourth-order valence-corrected chi connectivity index (χ4v) is 5.91. The highest BCUT2D eigenvalue weighted by Crippen LogP contribution is 2.39. The number of benzene rings is 1. The Morgan fingerprint density at radius 3 is 2.53 bits per heavy atom. The Morgan fingerprint density at radius 1 is 1.03 bits per heavy atom. The highest BCUT2D eigenvalue weighted by atomic mass is 16.2. The molecule has 0 atom stereocenters. The largest absolute Gasteiger partial charge is 0.338 e. The van der Waals surface area contributed by atoms with Crippen molar-refractivity contribution in [3.63, 3.8) is 0 Å². The predicted molar refractivity (Wildman–Crippen MR) is 130 cm³/mol.